The molecule has 0 unspecified atom stereocenters. The van der Waals surface area contributed by atoms with Crippen LogP contribution in [-0.4, -0.2) is 12.1 Å². The first-order valence-corrected chi connectivity index (χ1v) is 4.12. The van der Waals surface area contributed by atoms with Gasteiger partial charge in [0.1, 0.15) is 0 Å². The van der Waals surface area contributed by atoms with Crippen molar-refractivity contribution in [3.05, 3.63) is 21.9 Å². The molecular weight excluding hydrogens is 206 g/mol. The van der Waals surface area contributed by atoms with E-state index in [1.807, 2.05) is 19.9 Å². The maximum Gasteiger partial charge on any atom is 0.154 e. The minimum absolute atomic E-state index is 0.815. The maximum atomic E-state index is 5.12. The van der Waals surface area contributed by atoms with Crippen LogP contribution in [-0.2, 0) is 0 Å². The summed E-state index contributed by atoms with van der Waals surface area (Å²) in [6.07, 6.45) is 0. The highest BCUT2D eigenvalue weighted by Crippen LogP contribution is 2.27. The Morgan fingerprint density at radius 1 is 1.45 bits per heavy atom. The van der Waals surface area contributed by atoms with Gasteiger partial charge in [0.15, 0.2) is 5.75 Å². The molecule has 0 atom stereocenters. The van der Waals surface area contributed by atoms with Gasteiger partial charge in [-0.1, -0.05) is 0 Å². The van der Waals surface area contributed by atoms with Crippen LogP contribution in [0.1, 0.15) is 11.4 Å². The first kappa shape index (κ1) is 8.53. The summed E-state index contributed by atoms with van der Waals surface area (Å²) >= 11 is 3.39. The van der Waals surface area contributed by atoms with Crippen LogP contribution in [0.15, 0.2) is 10.5 Å². The number of hydrogen-bond acceptors (Lipinski definition) is 2. The molecule has 1 heterocycles. The zero-order chi connectivity index (χ0) is 8.43. The lowest BCUT2D eigenvalue weighted by atomic mass is 10.3. The van der Waals surface area contributed by atoms with E-state index in [1.54, 1.807) is 7.11 Å². The molecule has 0 radical (unpaired) electrons. The zero-order valence-corrected chi connectivity index (χ0v) is 8.40. The standard InChI is InChI=1S/C8H10BrNO/c1-5-4-7(9)8(11-3)6(2)10-5/h4H,1-3H3. The van der Waals surface area contributed by atoms with Gasteiger partial charge in [-0.3, -0.25) is 4.98 Å². The number of pyridine rings is 1. The highest BCUT2D eigenvalue weighted by Gasteiger charge is 2.04. The molecule has 3 heteroatoms. The fraction of sp³-hybridized carbons (Fsp3) is 0.375. The molecule has 60 valence electrons. The Labute approximate surface area is 74.7 Å². The van der Waals surface area contributed by atoms with Gasteiger partial charge in [-0.25, -0.2) is 0 Å². The molecule has 0 bridgehead atoms. The first-order valence-electron chi connectivity index (χ1n) is 3.33. The van der Waals surface area contributed by atoms with Gasteiger partial charge in [0, 0.05) is 5.69 Å². The van der Waals surface area contributed by atoms with Gasteiger partial charge in [-0.15, -0.1) is 0 Å². The molecule has 0 saturated carbocycles. The van der Waals surface area contributed by atoms with Crippen LogP contribution in [0.2, 0.25) is 0 Å². The molecule has 0 N–H and O–H groups in total. The smallest absolute Gasteiger partial charge is 0.154 e. The maximum absolute atomic E-state index is 5.12. The summed E-state index contributed by atoms with van der Waals surface area (Å²) in [5, 5.41) is 0. The van der Waals surface area contributed by atoms with E-state index in [0.29, 0.717) is 0 Å². The molecule has 0 saturated heterocycles. The van der Waals surface area contributed by atoms with E-state index in [1.165, 1.54) is 0 Å². The van der Waals surface area contributed by atoms with E-state index >= 15 is 0 Å². The van der Waals surface area contributed by atoms with Gasteiger partial charge >= 0.3 is 0 Å². The lowest BCUT2D eigenvalue weighted by Gasteiger charge is -2.06. The fourth-order valence-electron chi connectivity index (χ4n) is 1.01. The number of hydrogen-bond donors (Lipinski definition) is 0. The molecule has 1 aromatic heterocycles. The molecule has 0 aliphatic carbocycles. The second-order valence-electron chi connectivity index (χ2n) is 2.36. The molecule has 2 nitrogen and oxygen atoms in total. The van der Waals surface area contributed by atoms with Crippen LogP contribution >= 0.6 is 15.9 Å². The highest BCUT2D eigenvalue weighted by molar-refractivity contribution is 9.10. The summed E-state index contributed by atoms with van der Waals surface area (Å²) < 4.78 is 6.08. The fourth-order valence-corrected chi connectivity index (χ4v) is 1.79. The van der Waals surface area contributed by atoms with Gasteiger partial charge in [0.25, 0.3) is 0 Å². The van der Waals surface area contributed by atoms with E-state index in [4.69, 9.17) is 4.74 Å². The van der Waals surface area contributed by atoms with Crippen LogP contribution in [0.3, 0.4) is 0 Å². The predicted octanol–water partition coefficient (Wildman–Crippen LogP) is 2.47. The lowest BCUT2D eigenvalue weighted by Crippen LogP contribution is -1.93. The molecule has 0 aliphatic rings. The van der Waals surface area contributed by atoms with E-state index in [0.717, 1.165) is 21.6 Å². The zero-order valence-electron chi connectivity index (χ0n) is 6.81. The van der Waals surface area contributed by atoms with Crippen molar-refractivity contribution in [3.63, 3.8) is 0 Å². The van der Waals surface area contributed by atoms with E-state index in [-0.39, 0.29) is 0 Å². The molecule has 0 spiro atoms. The SMILES string of the molecule is COc1c(Br)cc(C)nc1C. The Bertz CT molecular complexity index is 250. The van der Waals surface area contributed by atoms with Gasteiger partial charge in [-0.2, -0.15) is 0 Å². The number of ether oxygens (including phenoxy) is 1. The second-order valence-corrected chi connectivity index (χ2v) is 3.22. The average molecular weight is 216 g/mol. The van der Waals surface area contributed by atoms with Crippen LogP contribution in [0.25, 0.3) is 0 Å². The van der Waals surface area contributed by atoms with Crippen molar-refractivity contribution in [2.45, 2.75) is 13.8 Å². The number of halogens is 1. The van der Waals surface area contributed by atoms with Crippen LogP contribution in [0.5, 0.6) is 5.75 Å². The normalized spacial score (nSPS) is 9.82. The van der Waals surface area contributed by atoms with Crippen molar-refractivity contribution < 1.29 is 4.74 Å². The van der Waals surface area contributed by atoms with Crippen molar-refractivity contribution >= 4 is 15.9 Å². The Hall–Kier alpha value is -0.570. The van der Waals surface area contributed by atoms with Gasteiger partial charge in [-0.05, 0) is 35.8 Å². The Balaban J connectivity index is 3.25. The highest BCUT2D eigenvalue weighted by atomic mass is 79.9. The van der Waals surface area contributed by atoms with Crippen LogP contribution in [0, 0.1) is 13.8 Å². The molecule has 0 aromatic carbocycles. The van der Waals surface area contributed by atoms with Gasteiger partial charge < -0.3 is 4.74 Å². The minimum atomic E-state index is 0.815. The summed E-state index contributed by atoms with van der Waals surface area (Å²) in [6, 6.07) is 1.94. The third-order valence-corrected chi connectivity index (χ3v) is 2.02. The van der Waals surface area contributed by atoms with Crippen molar-refractivity contribution in [2.75, 3.05) is 7.11 Å². The molecule has 1 aromatic rings. The summed E-state index contributed by atoms with van der Waals surface area (Å²) in [4.78, 5) is 4.25. The first-order chi connectivity index (χ1) is 5.15. The average Bonchev–Trinajstić information content (AvgIpc) is 1.85. The summed E-state index contributed by atoms with van der Waals surface area (Å²) in [5.74, 6) is 0.815. The summed E-state index contributed by atoms with van der Waals surface area (Å²) in [7, 11) is 1.64. The Morgan fingerprint density at radius 2 is 2.09 bits per heavy atom. The number of rotatable bonds is 1. The molecular formula is C8H10BrNO. The van der Waals surface area contributed by atoms with Crippen molar-refractivity contribution in [2.24, 2.45) is 0 Å². The number of aryl methyl sites for hydroxylation is 2. The van der Waals surface area contributed by atoms with Crippen molar-refractivity contribution in [1.82, 2.24) is 4.98 Å². The predicted molar refractivity (Wildman–Crippen MR) is 48.0 cm³/mol. The molecule has 11 heavy (non-hydrogen) atoms. The van der Waals surface area contributed by atoms with Crippen LogP contribution < -0.4 is 4.74 Å². The second kappa shape index (κ2) is 3.22. The van der Waals surface area contributed by atoms with Gasteiger partial charge in [0.2, 0.25) is 0 Å². The number of methoxy groups -OCH3 is 1. The molecule has 0 fully saturated rings. The van der Waals surface area contributed by atoms with E-state index < -0.39 is 0 Å². The third kappa shape index (κ3) is 1.71. The Morgan fingerprint density at radius 3 is 2.55 bits per heavy atom. The minimum Gasteiger partial charge on any atom is -0.494 e. The van der Waals surface area contributed by atoms with Gasteiger partial charge in [0.05, 0.1) is 17.3 Å². The topological polar surface area (TPSA) is 22.1 Å². The van der Waals surface area contributed by atoms with E-state index in [2.05, 4.69) is 20.9 Å². The van der Waals surface area contributed by atoms with Crippen molar-refractivity contribution in [1.29, 1.82) is 0 Å². The molecule has 0 aliphatic heterocycles. The number of nitrogens with zero attached hydrogens (tertiary/aromatic N) is 1. The molecule has 0 amide bonds. The quantitative estimate of drug-likeness (QED) is 0.719. The lowest BCUT2D eigenvalue weighted by molar-refractivity contribution is 0.406. The number of aromatic nitrogens is 1. The third-order valence-electron chi connectivity index (χ3n) is 1.43. The largest absolute Gasteiger partial charge is 0.494 e. The summed E-state index contributed by atoms with van der Waals surface area (Å²) in [6.45, 7) is 3.88. The van der Waals surface area contributed by atoms with E-state index in [9.17, 15) is 0 Å². The molecule has 1 rings (SSSR count). The van der Waals surface area contributed by atoms with Crippen LogP contribution in [0.4, 0.5) is 0 Å². The monoisotopic (exact) mass is 215 g/mol. The Kier molecular flexibility index (Phi) is 2.49. The summed E-state index contributed by atoms with van der Waals surface area (Å²) in [5.41, 5.74) is 1.91. The van der Waals surface area contributed by atoms with Crippen molar-refractivity contribution in [3.8, 4) is 5.75 Å².